The van der Waals surface area contributed by atoms with Gasteiger partial charge in [0.2, 0.25) is 0 Å². The van der Waals surface area contributed by atoms with E-state index in [4.69, 9.17) is 19.9 Å². The molecule has 1 aliphatic rings. The van der Waals surface area contributed by atoms with Gasteiger partial charge < -0.3 is 19.9 Å². The maximum absolute atomic E-state index is 5.95. The molecule has 2 N–H and O–H groups in total. The molecule has 0 bridgehead atoms. The van der Waals surface area contributed by atoms with Crippen molar-refractivity contribution >= 4 is 17.0 Å². The van der Waals surface area contributed by atoms with Gasteiger partial charge in [-0.25, -0.2) is 0 Å². The van der Waals surface area contributed by atoms with Crippen LogP contribution in [0.15, 0.2) is 29.6 Å². The highest BCUT2D eigenvalue weighted by atomic mass is 32.1. The molecule has 1 aromatic heterocycles. The van der Waals surface area contributed by atoms with E-state index >= 15 is 0 Å². The van der Waals surface area contributed by atoms with Gasteiger partial charge in [0.25, 0.3) is 0 Å². The molecule has 19 heavy (non-hydrogen) atoms. The van der Waals surface area contributed by atoms with E-state index in [1.807, 2.05) is 6.07 Å². The van der Waals surface area contributed by atoms with Crippen LogP contribution in [-0.2, 0) is 6.42 Å². The molecular formula is C14H15NO3S. The molecular weight excluding hydrogens is 262 g/mol. The molecule has 3 rings (SSSR count). The Labute approximate surface area is 115 Å². The van der Waals surface area contributed by atoms with Gasteiger partial charge in [-0.1, -0.05) is 6.07 Å². The van der Waals surface area contributed by atoms with E-state index in [0.29, 0.717) is 42.8 Å². The minimum atomic E-state index is 0.561. The molecule has 0 unspecified atom stereocenters. The number of benzene rings is 1. The summed E-state index contributed by atoms with van der Waals surface area (Å²) in [6.07, 6.45) is 0.881. The first-order valence-corrected chi connectivity index (χ1v) is 7.05. The van der Waals surface area contributed by atoms with Crippen LogP contribution in [0.1, 0.15) is 4.88 Å². The third kappa shape index (κ3) is 2.76. The summed E-state index contributed by atoms with van der Waals surface area (Å²) in [5, 5.41) is 2.06. The maximum Gasteiger partial charge on any atom is 0.165 e. The highest BCUT2D eigenvalue weighted by Crippen LogP contribution is 2.38. The lowest BCUT2D eigenvalue weighted by molar-refractivity contribution is 0.170. The van der Waals surface area contributed by atoms with E-state index < -0.39 is 0 Å². The number of ether oxygens (including phenoxy) is 3. The second-order valence-electron chi connectivity index (χ2n) is 4.21. The minimum Gasteiger partial charge on any atom is -0.491 e. The van der Waals surface area contributed by atoms with Gasteiger partial charge in [0.15, 0.2) is 11.5 Å². The SMILES string of the molecule is Nc1cc2c(cc1OCCc1cccs1)OCCO2. The fourth-order valence-electron chi connectivity index (χ4n) is 1.93. The normalized spacial score (nSPS) is 13.3. The van der Waals surface area contributed by atoms with Crippen LogP contribution >= 0.6 is 11.3 Å². The number of nitrogen functional groups attached to an aromatic ring is 1. The van der Waals surface area contributed by atoms with Crippen LogP contribution in [0, 0.1) is 0 Å². The van der Waals surface area contributed by atoms with Crippen LogP contribution in [0.5, 0.6) is 17.2 Å². The number of anilines is 1. The van der Waals surface area contributed by atoms with E-state index in [9.17, 15) is 0 Å². The van der Waals surface area contributed by atoms with Crippen LogP contribution < -0.4 is 19.9 Å². The molecule has 100 valence electrons. The number of fused-ring (bicyclic) bond motifs is 1. The largest absolute Gasteiger partial charge is 0.491 e. The zero-order chi connectivity index (χ0) is 13.1. The summed E-state index contributed by atoms with van der Waals surface area (Å²) in [7, 11) is 0. The first-order valence-electron chi connectivity index (χ1n) is 6.17. The molecule has 0 atom stereocenters. The lowest BCUT2D eigenvalue weighted by Crippen LogP contribution is -2.16. The fraction of sp³-hybridized carbons (Fsp3) is 0.286. The molecule has 4 nitrogen and oxygen atoms in total. The van der Waals surface area contributed by atoms with Crippen molar-refractivity contribution < 1.29 is 14.2 Å². The zero-order valence-electron chi connectivity index (χ0n) is 10.4. The molecule has 1 aliphatic heterocycles. The van der Waals surface area contributed by atoms with Gasteiger partial charge in [-0.3, -0.25) is 0 Å². The molecule has 2 heterocycles. The van der Waals surface area contributed by atoms with Crippen molar-refractivity contribution in [3.63, 3.8) is 0 Å². The van der Waals surface area contributed by atoms with Gasteiger partial charge >= 0.3 is 0 Å². The lowest BCUT2D eigenvalue weighted by atomic mass is 10.2. The average Bonchev–Trinajstić information content (AvgIpc) is 2.92. The molecule has 0 saturated heterocycles. The van der Waals surface area contributed by atoms with Crippen molar-refractivity contribution in [3.8, 4) is 17.2 Å². The van der Waals surface area contributed by atoms with E-state index in [-0.39, 0.29) is 0 Å². The van der Waals surface area contributed by atoms with Crippen LogP contribution in [0.25, 0.3) is 0 Å². The molecule has 0 radical (unpaired) electrons. The fourth-order valence-corrected chi connectivity index (χ4v) is 2.62. The number of hydrogen-bond donors (Lipinski definition) is 1. The maximum atomic E-state index is 5.95. The third-order valence-corrected chi connectivity index (χ3v) is 3.80. The van der Waals surface area contributed by atoms with Gasteiger partial charge in [0, 0.05) is 23.4 Å². The third-order valence-electron chi connectivity index (χ3n) is 2.86. The Balaban J connectivity index is 1.67. The molecule has 5 heteroatoms. The second-order valence-corrected chi connectivity index (χ2v) is 5.24. The first-order chi connectivity index (χ1) is 9.33. The Morgan fingerprint density at radius 2 is 2.00 bits per heavy atom. The predicted molar refractivity (Wildman–Crippen MR) is 75.4 cm³/mol. The van der Waals surface area contributed by atoms with Gasteiger partial charge in [-0.05, 0) is 11.4 Å². The van der Waals surface area contributed by atoms with Gasteiger partial charge in [-0.2, -0.15) is 0 Å². The summed E-state index contributed by atoms with van der Waals surface area (Å²) >= 11 is 1.73. The molecule has 2 aromatic rings. The molecule has 0 spiro atoms. The minimum absolute atomic E-state index is 0.561. The quantitative estimate of drug-likeness (QED) is 0.873. The van der Waals surface area contributed by atoms with Crippen molar-refractivity contribution in [2.24, 2.45) is 0 Å². The first kappa shape index (κ1) is 12.2. The lowest BCUT2D eigenvalue weighted by Gasteiger charge is -2.20. The molecule has 0 fully saturated rings. The Morgan fingerprint density at radius 3 is 2.74 bits per heavy atom. The number of nitrogens with two attached hydrogens (primary N) is 1. The summed E-state index contributed by atoms with van der Waals surface area (Å²) in [5.74, 6) is 2.04. The van der Waals surface area contributed by atoms with Gasteiger partial charge in [-0.15, -0.1) is 11.3 Å². The number of hydrogen-bond acceptors (Lipinski definition) is 5. The second kappa shape index (κ2) is 5.40. The topological polar surface area (TPSA) is 53.7 Å². The predicted octanol–water partition coefficient (Wildman–Crippen LogP) is 2.72. The summed E-state index contributed by atoms with van der Waals surface area (Å²) in [6.45, 7) is 1.72. The van der Waals surface area contributed by atoms with Crippen LogP contribution in [0.4, 0.5) is 5.69 Å². The van der Waals surface area contributed by atoms with Crippen LogP contribution in [-0.4, -0.2) is 19.8 Å². The van der Waals surface area contributed by atoms with Crippen molar-refractivity contribution in [2.75, 3.05) is 25.6 Å². The number of thiophene rings is 1. The van der Waals surface area contributed by atoms with E-state index in [1.165, 1.54) is 4.88 Å². The van der Waals surface area contributed by atoms with Crippen molar-refractivity contribution in [3.05, 3.63) is 34.5 Å². The summed E-state index contributed by atoms with van der Waals surface area (Å²) in [4.78, 5) is 1.30. The summed E-state index contributed by atoms with van der Waals surface area (Å²) in [6, 6.07) is 7.70. The number of rotatable bonds is 4. The van der Waals surface area contributed by atoms with Crippen molar-refractivity contribution in [1.29, 1.82) is 0 Å². The Bertz CT molecular complexity index is 554. The summed E-state index contributed by atoms with van der Waals surface area (Å²) in [5.41, 5.74) is 6.53. The zero-order valence-corrected chi connectivity index (χ0v) is 11.2. The average molecular weight is 277 g/mol. The Kier molecular flexibility index (Phi) is 3.46. The molecule has 1 aromatic carbocycles. The monoisotopic (exact) mass is 277 g/mol. The van der Waals surface area contributed by atoms with Crippen LogP contribution in [0.3, 0.4) is 0 Å². The molecule has 0 amide bonds. The highest BCUT2D eigenvalue weighted by molar-refractivity contribution is 7.09. The summed E-state index contributed by atoms with van der Waals surface area (Å²) < 4.78 is 16.7. The molecule has 0 aliphatic carbocycles. The smallest absolute Gasteiger partial charge is 0.165 e. The van der Waals surface area contributed by atoms with E-state index in [0.717, 1.165) is 6.42 Å². The Morgan fingerprint density at radius 1 is 1.21 bits per heavy atom. The van der Waals surface area contributed by atoms with E-state index in [1.54, 1.807) is 23.5 Å². The van der Waals surface area contributed by atoms with Crippen molar-refractivity contribution in [1.82, 2.24) is 0 Å². The van der Waals surface area contributed by atoms with Crippen LogP contribution in [0.2, 0.25) is 0 Å². The van der Waals surface area contributed by atoms with Crippen molar-refractivity contribution in [2.45, 2.75) is 6.42 Å². The van der Waals surface area contributed by atoms with E-state index in [2.05, 4.69) is 11.4 Å². The van der Waals surface area contributed by atoms with Gasteiger partial charge in [0.05, 0.1) is 12.3 Å². The van der Waals surface area contributed by atoms with Gasteiger partial charge in [0.1, 0.15) is 19.0 Å². The standard InChI is InChI=1S/C14H15NO3S/c15-11-8-13-14(18-6-5-17-13)9-12(11)16-4-3-10-2-1-7-19-10/h1-2,7-9H,3-6,15H2. The Hall–Kier alpha value is -1.88. The molecule has 0 saturated carbocycles. The highest BCUT2D eigenvalue weighted by Gasteiger charge is 2.15.